The van der Waals surface area contributed by atoms with Gasteiger partial charge in [0.05, 0.1) is 13.2 Å². The highest BCUT2D eigenvalue weighted by Gasteiger charge is 2.16. The topological polar surface area (TPSA) is 89.6 Å². The van der Waals surface area contributed by atoms with E-state index in [1.165, 1.54) is 6.07 Å². The van der Waals surface area contributed by atoms with E-state index in [0.717, 1.165) is 43.6 Å². The zero-order valence-electron chi connectivity index (χ0n) is 17.6. The number of carbonyl (C=O) groups is 2. The molecule has 2 aromatic rings. The van der Waals surface area contributed by atoms with Crippen LogP contribution in [0.1, 0.15) is 56.9 Å². The highest BCUT2D eigenvalue weighted by atomic mass is 16.7. The Morgan fingerprint density at radius 2 is 1.93 bits per heavy atom. The number of pyridine rings is 1. The number of benzene rings is 1. The molecular formula is C23H29N3O4. The molecule has 1 aliphatic heterocycles. The van der Waals surface area contributed by atoms with Crippen molar-refractivity contribution in [1.29, 1.82) is 0 Å². The van der Waals surface area contributed by atoms with Gasteiger partial charge >= 0.3 is 0 Å². The van der Waals surface area contributed by atoms with Crippen LogP contribution in [0.3, 0.4) is 0 Å². The molecule has 0 unspecified atom stereocenters. The summed E-state index contributed by atoms with van der Waals surface area (Å²) in [6, 6.07) is 11.4. The van der Waals surface area contributed by atoms with Gasteiger partial charge in [-0.3, -0.25) is 9.59 Å². The van der Waals surface area contributed by atoms with E-state index in [-0.39, 0.29) is 23.8 Å². The lowest BCUT2D eigenvalue weighted by Gasteiger charge is -2.23. The van der Waals surface area contributed by atoms with E-state index in [9.17, 15) is 9.59 Å². The molecule has 7 nitrogen and oxygen atoms in total. The monoisotopic (exact) mass is 411 g/mol. The molecule has 0 saturated carbocycles. The normalized spacial score (nSPS) is 14.3. The molecule has 0 spiro atoms. The quantitative estimate of drug-likeness (QED) is 0.652. The van der Waals surface area contributed by atoms with Crippen molar-refractivity contribution in [1.82, 2.24) is 15.6 Å². The molecule has 0 aliphatic carbocycles. The van der Waals surface area contributed by atoms with Crippen LogP contribution in [0.15, 0.2) is 36.4 Å². The van der Waals surface area contributed by atoms with E-state index >= 15 is 0 Å². The van der Waals surface area contributed by atoms with Crippen molar-refractivity contribution in [2.24, 2.45) is 0 Å². The number of aromatic nitrogens is 1. The maximum absolute atomic E-state index is 12.7. The average Bonchev–Trinajstić information content (AvgIpc) is 2.76. The molecular weight excluding hydrogens is 382 g/mol. The number of amides is 2. The molecule has 2 heterocycles. The van der Waals surface area contributed by atoms with Gasteiger partial charge in [-0.1, -0.05) is 29.8 Å². The predicted molar refractivity (Wildman–Crippen MR) is 113 cm³/mol. The molecule has 30 heavy (non-hydrogen) atoms. The van der Waals surface area contributed by atoms with E-state index in [2.05, 4.69) is 21.7 Å². The lowest BCUT2D eigenvalue weighted by Crippen LogP contribution is -2.29. The molecule has 1 aliphatic rings. The molecule has 2 amide bonds. The van der Waals surface area contributed by atoms with Crippen LogP contribution in [0.4, 0.5) is 0 Å². The minimum absolute atomic E-state index is 0.183. The number of rotatable bonds is 8. The molecule has 1 aromatic carbocycles. The molecule has 1 fully saturated rings. The predicted octanol–water partition coefficient (Wildman–Crippen LogP) is 2.61. The van der Waals surface area contributed by atoms with Crippen molar-refractivity contribution < 1.29 is 19.1 Å². The molecule has 2 N–H and O–H groups in total. The van der Waals surface area contributed by atoms with Crippen LogP contribution >= 0.6 is 0 Å². The van der Waals surface area contributed by atoms with Gasteiger partial charge in [0.15, 0.2) is 6.29 Å². The van der Waals surface area contributed by atoms with Crippen molar-refractivity contribution in [3.63, 3.8) is 0 Å². The van der Waals surface area contributed by atoms with Crippen LogP contribution in [-0.2, 0) is 15.9 Å². The first-order chi connectivity index (χ1) is 14.5. The molecule has 7 heteroatoms. The number of hydrogen-bond acceptors (Lipinski definition) is 5. The second-order valence-electron chi connectivity index (χ2n) is 7.40. The van der Waals surface area contributed by atoms with Gasteiger partial charge in [0.25, 0.3) is 11.8 Å². The van der Waals surface area contributed by atoms with Gasteiger partial charge in [-0.15, -0.1) is 0 Å². The SMILES string of the molecule is CNC(=O)c1cc(C(=O)NCCCC2OCCCO2)cc(Cc2cccc(C)c2)n1. The van der Waals surface area contributed by atoms with Crippen molar-refractivity contribution in [2.75, 3.05) is 26.8 Å². The number of carbonyl (C=O) groups excluding carboxylic acids is 2. The fourth-order valence-electron chi connectivity index (χ4n) is 3.36. The zero-order valence-corrected chi connectivity index (χ0v) is 17.6. The number of nitrogens with one attached hydrogen (secondary N) is 2. The molecule has 0 radical (unpaired) electrons. The third-order valence-corrected chi connectivity index (χ3v) is 4.87. The minimum Gasteiger partial charge on any atom is -0.354 e. The van der Waals surface area contributed by atoms with E-state index < -0.39 is 0 Å². The first-order valence-electron chi connectivity index (χ1n) is 10.3. The molecule has 0 atom stereocenters. The third kappa shape index (κ3) is 6.37. The maximum Gasteiger partial charge on any atom is 0.269 e. The summed E-state index contributed by atoms with van der Waals surface area (Å²) in [5.74, 6) is -0.541. The van der Waals surface area contributed by atoms with Gasteiger partial charge in [0, 0.05) is 37.7 Å². The van der Waals surface area contributed by atoms with Gasteiger partial charge < -0.3 is 20.1 Å². The molecule has 1 saturated heterocycles. The summed E-state index contributed by atoms with van der Waals surface area (Å²) >= 11 is 0. The van der Waals surface area contributed by atoms with E-state index in [1.54, 1.807) is 13.1 Å². The second-order valence-corrected chi connectivity index (χ2v) is 7.40. The van der Waals surface area contributed by atoms with Gasteiger partial charge in [-0.2, -0.15) is 0 Å². The Morgan fingerprint density at radius 1 is 1.13 bits per heavy atom. The van der Waals surface area contributed by atoms with Crippen molar-refractivity contribution >= 4 is 11.8 Å². The van der Waals surface area contributed by atoms with Crippen LogP contribution in [0.25, 0.3) is 0 Å². The Balaban J connectivity index is 1.65. The van der Waals surface area contributed by atoms with E-state index in [0.29, 0.717) is 24.2 Å². The van der Waals surface area contributed by atoms with Gasteiger partial charge in [-0.05, 0) is 37.5 Å². The Labute approximate surface area is 177 Å². The highest BCUT2D eigenvalue weighted by Crippen LogP contribution is 2.14. The first kappa shape index (κ1) is 21.9. The van der Waals surface area contributed by atoms with Crippen molar-refractivity contribution in [2.45, 2.75) is 38.9 Å². The number of nitrogens with zero attached hydrogens (tertiary/aromatic N) is 1. The van der Waals surface area contributed by atoms with Crippen LogP contribution in [0.5, 0.6) is 0 Å². The average molecular weight is 412 g/mol. The first-order valence-corrected chi connectivity index (χ1v) is 10.3. The lowest BCUT2D eigenvalue weighted by molar-refractivity contribution is -0.181. The summed E-state index contributed by atoms with van der Waals surface area (Å²) in [6.07, 6.45) is 2.77. The summed E-state index contributed by atoms with van der Waals surface area (Å²) < 4.78 is 11.0. The minimum atomic E-state index is -0.318. The van der Waals surface area contributed by atoms with Crippen LogP contribution < -0.4 is 10.6 Å². The maximum atomic E-state index is 12.7. The number of ether oxygens (including phenoxy) is 2. The molecule has 1 aromatic heterocycles. The number of aryl methyl sites for hydroxylation is 1. The third-order valence-electron chi connectivity index (χ3n) is 4.87. The Morgan fingerprint density at radius 3 is 2.67 bits per heavy atom. The molecule has 0 bridgehead atoms. The number of hydrogen-bond donors (Lipinski definition) is 2. The second kappa shape index (κ2) is 10.8. The fourth-order valence-corrected chi connectivity index (χ4v) is 3.36. The fraction of sp³-hybridized carbons (Fsp3) is 0.435. The Bertz CT molecular complexity index is 879. The summed E-state index contributed by atoms with van der Waals surface area (Å²) in [5, 5.41) is 5.49. The summed E-state index contributed by atoms with van der Waals surface area (Å²) in [6.45, 7) is 3.98. The molecule has 3 rings (SSSR count). The van der Waals surface area contributed by atoms with Crippen LogP contribution in [0, 0.1) is 6.92 Å². The van der Waals surface area contributed by atoms with E-state index in [1.807, 2.05) is 25.1 Å². The van der Waals surface area contributed by atoms with Crippen molar-refractivity contribution in [3.05, 3.63) is 64.5 Å². The van der Waals surface area contributed by atoms with Gasteiger partial charge in [-0.25, -0.2) is 4.98 Å². The zero-order chi connectivity index (χ0) is 21.3. The Hall–Kier alpha value is -2.77. The molecule has 160 valence electrons. The largest absolute Gasteiger partial charge is 0.354 e. The lowest BCUT2D eigenvalue weighted by atomic mass is 10.0. The summed E-state index contributed by atoms with van der Waals surface area (Å²) in [4.78, 5) is 29.3. The van der Waals surface area contributed by atoms with Crippen LogP contribution in [-0.4, -0.2) is 49.9 Å². The van der Waals surface area contributed by atoms with Gasteiger partial charge in [0.1, 0.15) is 5.69 Å². The van der Waals surface area contributed by atoms with Crippen LogP contribution in [0.2, 0.25) is 0 Å². The summed E-state index contributed by atoms with van der Waals surface area (Å²) in [5.41, 5.74) is 3.57. The smallest absolute Gasteiger partial charge is 0.269 e. The highest BCUT2D eigenvalue weighted by molar-refractivity contribution is 5.98. The van der Waals surface area contributed by atoms with E-state index in [4.69, 9.17) is 9.47 Å². The summed E-state index contributed by atoms with van der Waals surface area (Å²) in [7, 11) is 1.55. The Kier molecular flexibility index (Phi) is 7.93. The standard InChI is InChI=1S/C23H29N3O4/c1-16-6-3-7-17(12-16)13-19-14-18(15-20(26-19)23(28)24-2)22(27)25-9-4-8-21-29-10-5-11-30-21/h3,6-7,12,14-15,21H,4-5,8-11,13H2,1-2H3,(H,24,28)(H,25,27). The van der Waals surface area contributed by atoms with Gasteiger partial charge in [0.2, 0.25) is 0 Å². The van der Waals surface area contributed by atoms with Crippen molar-refractivity contribution in [3.8, 4) is 0 Å².